The lowest BCUT2D eigenvalue weighted by Gasteiger charge is -2.18. The quantitative estimate of drug-likeness (QED) is 0.525. The topological polar surface area (TPSA) is 68.9 Å². The molecule has 0 aliphatic heterocycles. The SMILES string of the molecule is CCCSCCCNC(=O)C(C)n1c(C)c2cnn(-c3ccccc3)c(=O)c2c1C. The number of thioether (sulfide) groups is 1. The first-order valence-electron chi connectivity index (χ1n) is 10.5. The number of hydrogen-bond acceptors (Lipinski definition) is 4. The molecule has 7 heteroatoms. The molecule has 2 aromatic heterocycles. The summed E-state index contributed by atoms with van der Waals surface area (Å²) >= 11 is 1.92. The highest BCUT2D eigenvalue weighted by Gasteiger charge is 2.23. The van der Waals surface area contributed by atoms with Crippen molar-refractivity contribution in [1.82, 2.24) is 19.7 Å². The summed E-state index contributed by atoms with van der Waals surface area (Å²) < 4.78 is 3.36. The van der Waals surface area contributed by atoms with Crippen LogP contribution in [0.2, 0.25) is 0 Å². The fourth-order valence-corrected chi connectivity index (χ4v) is 4.65. The van der Waals surface area contributed by atoms with Gasteiger partial charge >= 0.3 is 0 Å². The molecule has 30 heavy (non-hydrogen) atoms. The Bertz CT molecular complexity index is 1070. The van der Waals surface area contributed by atoms with Crippen molar-refractivity contribution in [2.75, 3.05) is 18.1 Å². The molecule has 0 aliphatic rings. The van der Waals surface area contributed by atoms with E-state index in [9.17, 15) is 9.59 Å². The lowest BCUT2D eigenvalue weighted by atomic mass is 10.2. The number of aryl methyl sites for hydroxylation is 2. The molecule has 1 atom stereocenters. The van der Waals surface area contributed by atoms with Crippen LogP contribution in [0.5, 0.6) is 0 Å². The molecule has 1 unspecified atom stereocenters. The maximum absolute atomic E-state index is 13.2. The molecule has 1 aromatic carbocycles. The first-order chi connectivity index (χ1) is 14.5. The molecule has 2 heterocycles. The molecular weight excluding hydrogens is 396 g/mol. The van der Waals surface area contributed by atoms with E-state index in [2.05, 4.69) is 17.3 Å². The van der Waals surface area contributed by atoms with E-state index < -0.39 is 6.04 Å². The van der Waals surface area contributed by atoms with Crippen molar-refractivity contribution in [2.24, 2.45) is 0 Å². The van der Waals surface area contributed by atoms with E-state index in [-0.39, 0.29) is 11.5 Å². The second-order valence-corrected chi connectivity index (χ2v) is 8.68. The van der Waals surface area contributed by atoms with E-state index in [0.717, 1.165) is 40.4 Å². The number of hydrogen-bond donors (Lipinski definition) is 1. The zero-order valence-electron chi connectivity index (χ0n) is 18.1. The van der Waals surface area contributed by atoms with E-state index >= 15 is 0 Å². The summed E-state index contributed by atoms with van der Waals surface area (Å²) in [6.45, 7) is 8.56. The summed E-state index contributed by atoms with van der Waals surface area (Å²) in [4.78, 5) is 25.9. The molecule has 0 bridgehead atoms. The van der Waals surface area contributed by atoms with E-state index in [4.69, 9.17) is 0 Å². The van der Waals surface area contributed by atoms with Gasteiger partial charge in [-0.25, -0.2) is 0 Å². The third-order valence-corrected chi connectivity index (χ3v) is 6.61. The molecule has 0 aliphatic carbocycles. The van der Waals surface area contributed by atoms with Crippen LogP contribution in [-0.2, 0) is 4.79 Å². The summed E-state index contributed by atoms with van der Waals surface area (Å²) in [5, 5.41) is 8.81. The van der Waals surface area contributed by atoms with Gasteiger partial charge in [0.05, 0.1) is 17.3 Å². The van der Waals surface area contributed by atoms with Crippen LogP contribution in [0.15, 0.2) is 41.3 Å². The number of carbonyl (C=O) groups is 1. The van der Waals surface area contributed by atoms with Gasteiger partial charge in [-0.05, 0) is 57.3 Å². The van der Waals surface area contributed by atoms with Crippen LogP contribution in [0.1, 0.15) is 44.1 Å². The average Bonchev–Trinajstić information content (AvgIpc) is 3.01. The second kappa shape index (κ2) is 9.98. The molecule has 0 saturated carbocycles. The van der Waals surface area contributed by atoms with Gasteiger partial charge in [-0.2, -0.15) is 21.5 Å². The van der Waals surface area contributed by atoms with Crippen LogP contribution in [0, 0.1) is 13.8 Å². The Balaban J connectivity index is 1.85. The number of aromatic nitrogens is 3. The molecular formula is C23H30N4O2S. The highest BCUT2D eigenvalue weighted by Crippen LogP contribution is 2.26. The van der Waals surface area contributed by atoms with Crippen LogP contribution < -0.4 is 10.9 Å². The van der Waals surface area contributed by atoms with Gasteiger partial charge in [-0.1, -0.05) is 25.1 Å². The zero-order chi connectivity index (χ0) is 21.7. The summed E-state index contributed by atoms with van der Waals surface area (Å²) in [6.07, 6.45) is 3.85. The van der Waals surface area contributed by atoms with Gasteiger partial charge in [-0.3, -0.25) is 9.59 Å². The van der Waals surface area contributed by atoms with Crippen LogP contribution in [0.3, 0.4) is 0 Å². The van der Waals surface area contributed by atoms with Gasteiger partial charge in [0.25, 0.3) is 5.56 Å². The normalized spacial score (nSPS) is 12.3. The predicted octanol–water partition coefficient (Wildman–Crippen LogP) is 4.01. The summed E-state index contributed by atoms with van der Waals surface area (Å²) in [5.41, 5.74) is 2.23. The van der Waals surface area contributed by atoms with Crippen molar-refractivity contribution < 1.29 is 4.79 Å². The van der Waals surface area contributed by atoms with Crippen molar-refractivity contribution in [2.45, 2.75) is 46.6 Å². The lowest BCUT2D eigenvalue weighted by molar-refractivity contribution is -0.123. The number of nitrogens with zero attached hydrogens (tertiary/aromatic N) is 3. The van der Waals surface area contributed by atoms with Crippen LogP contribution in [0.4, 0.5) is 0 Å². The Kier molecular flexibility index (Phi) is 7.37. The first-order valence-corrected chi connectivity index (χ1v) is 11.6. The number of nitrogens with one attached hydrogen (secondary N) is 1. The molecule has 6 nitrogen and oxygen atoms in total. The Labute approximate surface area is 181 Å². The zero-order valence-corrected chi connectivity index (χ0v) is 19.0. The number of rotatable bonds is 9. The van der Waals surface area contributed by atoms with Gasteiger partial charge < -0.3 is 9.88 Å². The maximum Gasteiger partial charge on any atom is 0.281 e. The third kappa shape index (κ3) is 4.46. The number of benzene rings is 1. The molecule has 0 radical (unpaired) electrons. The van der Waals surface area contributed by atoms with Gasteiger partial charge in [0, 0.05) is 23.3 Å². The number of para-hydroxylation sites is 1. The summed E-state index contributed by atoms with van der Waals surface area (Å²) in [7, 11) is 0. The minimum atomic E-state index is -0.398. The highest BCUT2D eigenvalue weighted by atomic mass is 32.2. The molecule has 3 rings (SSSR count). The number of carbonyl (C=O) groups excluding carboxylic acids is 1. The maximum atomic E-state index is 13.2. The number of fused-ring (bicyclic) bond motifs is 1. The minimum absolute atomic E-state index is 0.0293. The largest absolute Gasteiger partial charge is 0.354 e. The molecule has 0 spiro atoms. The fourth-order valence-electron chi connectivity index (χ4n) is 3.81. The van der Waals surface area contributed by atoms with Gasteiger partial charge in [0.15, 0.2) is 0 Å². The van der Waals surface area contributed by atoms with Crippen molar-refractivity contribution in [3.63, 3.8) is 0 Å². The second-order valence-electron chi connectivity index (χ2n) is 7.46. The molecule has 0 saturated heterocycles. The Morgan fingerprint density at radius 2 is 1.90 bits per heavy atom. The Morgan fingerprint density at radius 3 is 2.60 bits per heavy atom. The molecule has 0 fully saturated rings. The first kappa shape index (κ1) is 22.2. The monoisotopic (exact) mass is 426 g/mol. The smallest absolute Gasteiger partial charge is 0.281 e. The average molecular weight is 427 g/mol. The van der Waals surface area contributed by atoms with Gasteiger partial charge in [-0.15, -0.1) is 0 Å². The van der Waals surface area contributed by atoms with Crippen molar-refractivity contribution in [1.29, 1.82) is 0 Å². The van der Waals surface area contributed by atoms with E-state index in [1.165, 1.54) is 11.1 Å². The minimum Gasteiger partial charge on any atom is -0.354 e. The summed E-state index contributed by atoms with van der Waals surface area (Å²) in [5.74, 6) is 2.18. The van der Waals surface area contributed by atoms with Gasteiger partial charge in [0.1, 0.15) is 6.04 Å². The number of amides is 1. The van der Waals surface area contributed by atoms with Crippen molar-refractivity contribution in [3.05, 3.63) is 58.3 Å². The Morgan fingerprint density at radius 1 is 1.17 bits per heavy atom. The van der Waals surface area contributed by atoms with E-state index in [1.807, 2.05) is 67.4 Å². The Hall–Kier alpha value is -2.54. The highest BCUT2D eigenvalue weighted by molar-refractivity contribution is 7.99. The van der Waals surface area contributed by atoms with Crippen LogP contribution >= 0.6 is 11.8 Å². The van der Waals surface area contributed by atoms with E-state index in [1.54, 1.807) is 6.20 Å². The van der Waals surface area contributed by atoms with Crippen LogP contribution in [-0.4, -0.2) is 38.3 Å². The van der Waals surface area contributed by atoms with Crippen LogP contribution in [0.25, 0.3) is 16.5 Å². The van der Waals surface area contributed by atoms with Gasteiger partial charge in [0.2, 0.25) is 5.91 Å². The molecule has 160 valence electrons. The standard InChI is InChI=1S/C23H30N4O2S/c1-5-13-30-14-9-12-24-22(28)18(4)26-16(2)20-15-25-27(19-10-7-6-8-11-19)23(29)21(20)17(26)3/h6-8,10-11,15,18H,5,9,12-14H2,1-4H3,(H,24,28). The third-order valence-electron chi connectivity index (χ3n) is 5.33. The lowest BCUT2D eigenvalue weighted by Crippen LogP contribution is -2.32. The van der Waals surface area contributed by atoms with E-state index in [0.29, 0.717) is 11.9 Å². The fraction of sp³-hybridized carbons (Fsp3) is 0.435. The molecule has 3 aromatic rings. The molecule has 1 N–H and O–H groups in total. The van der Waals surface area contributed by atoms with Crippen molar-refractivity contribution in [3.8, 4) is 5.69 Å². The summed E-state index contributed by atoms with van der Waals surface area (Å²) in [6, 6.07) is 8.98. The van der Waals surface area contributed by atoms with Crippen molar-refractivity contribution >= 4 is 28.4 Å². The predicted molar refractivity (Wildman–Crippen MR) is 125 cm³/mol. The molecule has 1 amide bonds.